The minimum Gasteiger partial charge on any atom is -0.497 e. The topological polar surface area (TPSA) is 152 Å². The Morgan fingerprint density at radius 1 is 1.03 bits per heavy atom. The molecular weight excluding hydrogens is 522 g/mol. The highest BCUT2D eigenvalue weighted by atomic mass is 32.2. The van der Waals surface area contributed by atoms with Crippen molar-refractivity contribution in [2.75, 3.05) is 39.6 Å². The Kier molecular flexibility index (Phi) is 7.64. The molecule has 1 amide bonds. The summed E-state index contributed by atoms with van der Waals surface area (Å²) in [6, 6.07) is 11.9. The molecule has 0 saturated carbocycles. The molecule has 1 aromatic heterocycles. The Labute approximate surface area is 215 Å². The van der Waals surface area contributed by atoms with E-state index in [2.05, 4.69) is 15.5 Å². The molecule has 12 nitrogen and oxygen atoms in total. The van der Waals surface area contributed by atoms with Crippen LogP contribution in [0.5, 0.6) is 5.75 Å². The van der Waals surface area contributed by atoms with Crippen LogP contribution in [0.4, 0.5) is 6.01 Å². The Hall–Kier alpha value is -3.33. The lowest BCUT2D eigenvalue weighted by atomic mass is 9.99. The van der Waals surface area contributed by atoms with Gasteiger partial charge in [0.25, 0.3) is 0 Å². The molecule has 0 radical (unpaired) electrons. The summed E-state index contributed by atoms with van der Waals surface area (Å²) in [4.78, 5) is 13.1. The third kappa shape index (κ3) is 5.66. The number of methoxy groups -OCH3 is 1. The summed E-state index contributed by atoms with van der Waals surface area (Å²) in [6.07, 6.45) is 1.02. The van der Waals surface area contributed by atoms with Crippen LogP contribution >= 0.6 is 0 Å². The van der Waals surface area contributed by atoms with Crippen molar-refractivity contribution in [3.05, 3.63) is 48.5 Å². The largest absolute Gasteiger partial charge is 0.497 e. The quantitative estimate of drug-likeness (QED) is 0.445. The van der Waals surface area contributed by atoms with Crippen molar-refractivity contribution in [2.45, 2.75) is 22.6 Å². The van der Waals surface area contributed by atoms with Gasteiger partial charge in [-0.05, 0) is 61.4 Å². The van der Waals surface area contributed by atoms with E-state index in [-0.39, 0.29) is 28.2 Å². The van der Waals surface area contributed by atoms with E-state index in [0.29, 0.717) is 30.7 Å². The molecule has 2 aromatic carbocycles. The number of hydrogen-bond donors (Lipinski definition) is 1. The molecule has 1 aliphatic rings. The highest BCUT2D eigenvalue weighted by Crippen LogP contribution is 2.27. The summed E-state index contributed by atoms with van der Waals surface area (Å²) in [5, 5.41) is 10.3. The first-order valence-corrected chi connectivity index (χ1v) is 14.2. The summed E-state index contributed by atoms with van der Waals surface area (Å²) in [5.74, 6) is -0.398. The number of ether oxygens (including phenoxy) is 1. The third-order valence-electron chi connectivity index (χ3n) is 5.99. The van der Waals surface area contributed by atoms with Gasteiger partial charge in [0, 0.05) is 32.7 Å². The van der Waals surface area contributed by atoms with Gasteiger partial charge in [-0.2, -0.15) is 4.31 Å². The van der Waals surface area contributed by atoms with Crippen LogP contribution in [0.15, 0.2) is 62.7 Å². The summed E-state index contributed by atoms with van der Waals surface area (Å²) in [6.45, 7) is 0.325. The van der Waals surface area contributed by atoms with Crippen molar-refractivity contribution in [3.63, 3.8) is 0 Å². The van der Waals surface area contributed by atoms with Crippen molar-refractivity contribution in [1.82, 2.24) is 18.8 Å². The van der Waals surface area contributed by atoms with Gasteiger partial charge in [0.15, 0.2) is 0 Å². The molecule has 1 atom stereocenters. The molecule has 4 rings (SSSR count). The molecular formula is C23H27N5O7S2. The minimum absolute atomic E-state index is 0.0169. The predicted octanol–water partition coefficient (Wildman–Crippen LogP) is 2.03. The normalized spacial score (nSPS) is 17.0. The highest BCUT2D eigenvalue weighted by Gasteiger charge is 2.34. The summed E-state index contributed by atoms with van der Waals surface area (Å²) in [5.41, 5.74) is 0.472. The van der Waals surface area contributed by atoms with E-state index >= 15 is 0 Å². The van der Waals surface area contributed by atoms with Crippen molar-refractivity contribution in [2.24, 2.45) is 5.92 Å². The van der Waals surface area contributed by atoms with Gasteiger partial charge in [-0.3, -0.25) is 10.1 Å². The zero-order valence-corrected chi connectivity index (χ0v) is 22.1. The first-order chi connectivity index (χ1) is 17.5. The van der Waals surface area contributed by atoms with E-state index in [0.717, 1.165) is 4.31 Å². The van der Waals surface area contributed by atoms with Gasteiger partial charge in [0.05, 0.1) is 22.8 Å². The molecule has 2 heterocycles. The average Bonchev–Trinajstić information content (AvgIpc) is 3.37. The van der Waals surface area contributed by atoms with E-state index in [1.165, 1.54) is 61.9 Å². The van der Waals surface area contributed by atoms with Gasteiger partial charge in [-0.1, -0.05) is 5.10 Å². The molecule has 1 fully saturated rings. The lowest BCUT2D eigenvalue weighted by Gasteiger charge is -2.30. The SMILES string of the molecule is COc1ccc(S(=O)(=O)N2CCCC(C(=O)Nc3nnc(-c4ccc(S(=O)(=O)N(C)C)cc4)o3)C2)cc1. The number of sulfonamides is 2. The number of anilines is 1. The second-order valence-electron chi connectivity index (χ2n) is 8.59. The Morgan fingerprint density at radius 2 is 1.68 bits per heavy atom. The number of piperidine rings is 1. The Bertz CT molecular complexity index is 1470. The van der Waals surface area contributed by atoms with Gasteiger partial charge in [-0.15, -0.1) is 5.10 Å². The summed E-state index contributed by atoms with van der Waals surface area (Å²) < 4.78 is 63.6. The Balaban J connectivity index is 1.42. The number of rotatable bonds is 8. The third-order valence-corrected chi connectivity index (χ3v) is 9.70. The number of benzene rings is 2. The number of hydrogen-bond acceptors (Lipinski definition) is 9. The van der Waals surface area contributed by atoms with Crippen LogP contribution in [-0.4, -0.2) is 75.8 Å². The van der Waals surface area contributed by atoms with Crippen LogP contribution in [0.3, 0.4) is 0 Å². The fourth-order valence-corrected chi connectivity index (χ4v) is 6.28. The molecule has 0 bridgehead atoms. The maximum atomic E-state index is 13.1. The number of nitrogens with one attached hydrogen (secondary N) is 1. The average molecular weight is 550 g/mol. The molecule has 1 saturated heterocycles. The summed E-state index contributed by atoms with van der Waals surface area (Å²) in [7, 11) is -2.98. The van der Waals surface area contributed by atoms with E-state index in [4.69, 9.17) is 9.15 Å². The van der Waals surface area contributed by atoms with Crippen LogP contribution in [0.25, 0.3) is 11.5 Å². The maximum absolute atomic E-state index is 13.1. The smallest absolute Gasteiger partial charge is 0.322 e. The zero-order chi connectivity index (χ0) is 26.8. The molecule has 198 valence electrons. The van der Waals surface area contributed by atoms with Crippen LogP contribution in [-0.2, 0) is 24.8 Å². The second kappa shape index (κ2) is 10.6. The molecule has 3 aromatic rings. The molecule has 1 N–H and O–H groups in total. The highest BCUT2D eigenvalue weighted by molar-refractivity contribution is 7.89. The van der Waals surface area contributed by atoms with Crippen LogP contribution in [0, 0.1) is 5.92 Å². The summed E-state index contributed by atoms with van der Waals surface area (Å²) >= 11 is 0. The lowest BCUT2D eigenvalue weighted by Crippen LogP contribution is -2.43. The molecule has 14 heteroatoms. The van der Waals surface area contributed by atoms with Gasteiger partial charge < -0.3 is 9.15 Å². The van der Waals surface area contributed by atoms with Gasteiger partial charge in [0.1, 0.15) is 5.75 Å². The first-order valence-electron chi connectivity index (χ1n) is 11.3. The standard InChI is InChI=1S/C23H27N5O7S2/c1-27(2)36(30,31)19-10-6-16(7-11-19)22-25-26-23(35-22)24-21(29)17-5-4-14-28(15-17)37(32,33)20-12-8-18(34-3)9-13-20/h6-13,17H,4-5,14-15H2,1-3H3,(H,24,26,29). The monoisotopic (exact) mass is 549 g/mol. The predicted molar refractivity (Wildman–Crippen MR) is 134 cm³/mol. The van der Waals surface area contributed by atoms with Crippen molar-refractivity contribution >= 4 is 32.0 Å². The molecule has 0 aliphatic carbocycles. The number of amides is 1. The molecule has 1 unspecified atom stereocenters. The van der Waals surface area contributed by atoms with Crippen LogP contribution < -0.4 is 10.1 Å². The number of carbonyl (C=O) groups is 1. The van der Waals surface area contributed by atoms with Gasteiger partial charge in [-0.25, -0.2) is 21.1 Å². The lowest BCUT2D eigenvalue weighted by molar-refractivity contribution is -0.121. The minimum atomic E-state index is -3.78. The van der Waals surface area contributed by atoms with Gasteiger partial charge >= 0.3 is 6.01 Å². The fraction of sp³-hybridized carbons (Fsp3) is 0.348. The van der Waals surface area contributed by atoms with E-state index in [1.807, 2.05) is 0 Å². The van der Waals surface area contributed by atoms with Crippen molar-refractivity contribution in [1.29, 1.82) is 0 Å². The van der Waals surface area contributed by atoms with Crippen LogP contribution in [0.2, 0.25) is 0 Å². The first kappa shape index (κ1) is 26.7. The van der Waals surface area contributed by atoms with E-state index in [1.54, 1.807) is 12.1 Å². The Morgan fingerprint density at radius 3 is 2.30 bits per heavy atom. The molecule has 0 spiro atoms. The number of nitrogens with zero attached hydrogens (tertiary/aromatic N) is 4. The second-order valence-corrected chi connectivity index (χ2v) is 12.7. The fourth-order valence-electron chi connectivity index (χ4n) is 3.85. The number of carbonyl (C=O) groups excluding carboxylic acids is 1. The van der Waals surface area contributed by atoms with Crippen molar-refractivity contribution in [3.8, 4) is 17.2 Å². The van der Waals surface area contributed by atoms with Gasteiger partial charge in [0.2, 0.25) is 31.8 Å². The molecule has 1 aliphatic heterocycles. The van der Waals surface area contributed by atoms with Crippen molar-refractivity contribution < 1.29 is 30.8 Å². The zero-order valence-electron chi connectivity index (χ0n) is 20.5. The maximum Gasteiger partial charge on any atom is 0.322 e. The van der Waals surface area contributed by atoms with E-state index < -0.39 is 31.9 Å². The molecule has 37 heavy (non-hydrogen) atoms. The number of aromatic nitrogens is 2. The van der Waals surface area contributed by atoms with E-state index in [9.17, 15) is 21.6 Å². The van der Waals surface area contributed by atoms with Crippen LogP contribution in [0.1, 0.15) is 12.8 Å².